The van der Waals surface area contributed by atoms with Gasteiger partial charge in [-0.2, -0.15) is 0 Å². The molecular weight excluding hydrogens is 204 g/mol. The minimum Gasteiger partial charge on any atom is -0.339 e. The van der Waals surface area contributed by atoms with Crippen molar-refractivity contribution in [2.45, 2.75) is 24.9 Å². The average Bonchev–Trinajstić information content (AvgIpc) is 2.59. The molecule has 2 aliphatic heterocycles. The van der Waals surface area contributed by atoms with Gasteiger partial charge in [-0.1, -0.05) is 0 Å². The lowest BCUT2D eigenvalue weighted by atomic mass is 9.96. The summed E-state index contributed by atoms with van der Waals surface area (Å²) < 4.78 is 0. The Morgan fingerprint density at radius 1 is 1.12 bits per heavy atom. The minimum atomic E-state index is -0.0461. The Balaban J connectivity index is 1.88. The van der Waals surface area contributed by atoms with E-state index in [0.29, 0.717) is 13.1 Å². The maximum absolute atomic E-state index is 12.2. The largest absolute Gasteiger partial charge is 0.339 e. The third-order valence-corrected chi connectivity index (χ3v) is 3.79. The molecule has 2 rings (SSSR count). The van der Waals surface area contributed by atoms with E-state index in [0.717, 1.165) is 25.9 Å². The number of piperidine rings is 1. The lowest BCUT2D eigenvalue weighted by Crippen LogP contribution is -2.41. The normalized spacial score (nSPS) is 33.3. The van der Waals surface area contributed by atoms with Crippen LogP contribution in [-0.2, 0) is 4.79 Å². The van der Waals surface area contributed by atoms with E-state index in [1.165, 1.54) is 0 Å². The van der Waals surface area contributed by atoms with E-state index in [2.05, 4.69) is 11.9 Å². The molecule has 1 amide bonds. The van der Waals surface area contributed by atoms with Crippen LogP contribution in [0, 0.1) is 5.92 Å². The van der Waals surface area contributed by atoms with Gasteiger partial charge in [0.1, 0.15) is 0 Å². The summed E-state index contributed by atoms with van der Waals surface area (Å²) in [5, 5.41) is 0. The van der Waals surface area contributed by atoms with Crippen LogP contribution in [0.5, 0.6) is 0 Å². The number of carbonyl (C=O) groups excluding carboxylic acids is 1. The highest BCUT2D eigenvalue weighted by Crippen LogP contribution is 2.20. The monoisotopic (exact) mass is 226 g/mol. The average molecular weight is 226 g/mol. The zero-order valence-electron chi connectivity index (χ0n) is 9.93. The van der Waals surface area contributed by atoms with Crippen LogP contribution in [0.1, 0.15) is 12.8 Å². The molecule has 5 heteroatoms. The van der Waals surface area contributed by atoms with Crippen molar-refractivity contribution in [1.29, 1.82) is 0 Å². The van der Waals surface area contributed by atoms with Gasteiger partial charge in [-0.3, -0.25) is 4.79 Å². The summed E-state index contributed by atoms with van der Waals surface area (Å²) in [5.74, 6) is 0.449. The molecule has 0 aromatic rings. The molecule has 5 nitrogen and oxygen atoms in total. The quantitative estimate of drug-likeness (QED) is 0.590. The second kappa shape index (κ2) is 4.69. The van der Waals surface area contributed by atoms with Crippen LogP contribution in [-0.4, -0.2) is 61.0 Å². The van der Waals surface area contributed by atoms with Gasteiger partial charge in [0.25, 0.3) is 0 Å². The van der Waals surface area contributed by atoms with Crippen molar-refractivity contribution in [2.75, 3.05) is 33.2 Å². The van der Waals surface area contributed by atoms with E-state index in [9.17, 15) is 4.79 Å². The van der Waals surface area contributed by atoms with Crippen LogP contribution in [0.3, 0.4) is 0 Å². The number of amides is 1. The van der Waals surface area contributed by atoms with Gasteiger partial charge in [-0.05, 0) is 33.0 Å². The number of nitrogens with two attached hydrogens (primary N) is 2. The maximum Gasteiger partial charge on any atom is 0.225 e. The molecule has 2 fully saturated rings. The van der Waals surface area contributed by atoms with Crippen molar-refractivity contribution in [3.05, 3.63) is 0 Å². The van der Waals surface area contributed by atoms with Gasteiger partial charge in [-0.15, -0.1) is 0 Å². The molecule has 4 N–H and O–H groups in total. The predicted octanol–water partition coefficient (Wildman–Crippen LogP) is -1.17. The van der Waals surface area contributed by atoms with Gasteiger partial charge >= 0.3 is 0 Å². The Morgan fingerprint density at radius 2 is 1.62 bits per heavy atom. The molecule has 0 aromatic carbocycles. The van der Waals surface area contributed by atoms with Crippen molar-refractivity contribution >= 4 is 5.91 Å². The van der Waals surface area contributed by atoms with Crippen LogP contribution >= 0.6 is 0 Å². The Labute approximate surface area is 96.7 Å². The number of nitrogens with zero attached hydrogens (tertiary/aromatic N) is 2. The highest BCUT2D eigenvalue weighted by Gasteiger charge is 2.34. The van der Waals surface area contributed by atoms with Crippen molar-refractivity contribution in [3.8, 4) is 0 Å². The molecule has 0 bridgehead atoms. The van der Waals surface area contributed by atoms with E-state index in [1.807, 2.05) is 4.90 Å². The molecule has 0 radical (unpaired) electrons. The van der Waals surface area contributed by atoms with Crippen LogP contribution in [0.15, 0.2) is 0 Å². The van der Waals surface area contributed by atoms with Gasteiger partial charge in [-0.25, -0.2) is 0 Å². The Hall–Kier alpha value is -0.650. The van der Waals surface area contributed by atoms with Crippen LogP contribution in [0.25, 0.3) is 0 Å². The third-order valence-electron chi connectivity index (χ3n) is 3.79. The number of carbonyl (C=O) groups is 1. The molecule has 2 aliphatic rings. The first kappa shape index (κ1) is 11.8. The molecule has 0 unspecified atom stereocenters. The van der Waals surface area contributed by atoms with E-state index < -0.39 is 0 Å². The summed E-state index contributed by atoms with van der Waals surface area (Å²) in [6, 6.07) is -0.0922. The lowest BCUT2D eigenvalue weighted by Gasteiger charge is -2.30. The number of hydrogen-bond donors (Lipinski definition) is 2. The zero-order chi connectivity index (χ0) is 11.7. The molecule has 92 valence electrons. The Morgan fingerprint density at radius 3 is 2.12 bits per heavy atom. The molecule has 0 saturated carbocycles. The second-order valence-corrected chi connectivity index (χ2v) is 5.15. The van der Waals surface area contributed by atoms with Crippen molar-refractivity contribution in [2.24, 2.45) is 17.4 Å². The number of rotatable bonds is 1. The summed E-state index contributed by atoms with van der Waals surface area (Å²) in [7, 11) is 2.10. The molecule has 2 saturated heterocycles. The van der Waals surface area contributed by atoms with Crippen molar-refractivity contribution < 1.29 is 4.79 Å². The zero-order valence-corrected chi connectivity index (χ0v) is 9.93. The summed E-state index contributed by atoms with van der Waals surface area (Å²) in [6.45, 7) is 3.30. The lowest BCUT2D eigenvalue weighted by molar-refractivity contribution is -0.135. The van der Waals surface area contributed by atoms with E-state index in [-0.39, 0.29) is 23.9 Å². The standard InChI is InChI=1S/C11H22N4O/c1-14-4-2-8(3-5-14)11(16)15-6-9(12)10(13)7-15/h8-10H,2-7,12-13H2,1H3/t9-,10+. The molecule has 2 atom stereocenters. The summed E-state index contributed by atoms with van der Waals surface area (Å²) in [4.78, 5) is 16.3. The SMILES string of the molecule is CN1CCC(C(=O)N2C[C@@H](N)[C@@H](N)C2)CC1. The van der Waals surface area contributed by atoms with Gasteiger partial charge in [0.15, 0.2) is 0 Å². The second-order valence-electron chi connectivity index (χ2n) is 5.15. The van der Waals surface area contributed by atoms with Crippen LogP contribution in [0.2, 0.25) is 0 Å². The van der Waals surface area contributed by atoms with E-state index >= 15 is 0 Å². The molecule has 2 heterocycles. The predicted molar refractivity (Wildman–Crippen MR) is 62.8 cm³/mol. The third kappa shape index (κ3) is 2.36. The molecule has 0 spiro atoms. The molecule has 0 aliphatic carbocycles. The number of likely N-dealkylation sites (tertiary alicyclic amines) is 2. The first-order chi connectivity index (χ1) is 7.58. The molecular formula is C11H22N4O. The fourth-order valence-electron chi connectivity index (χ4n) is 2.55. The maximum atomic E-state index is 12.2. The van der Waals surface area contributed by atoms with Crippen molar-refractivity contribution in [3.63, 3.8) is 0 Å². The van der Waals surface area contributed by atoms with Gasteiger partial charge in [0.05, 0.1) is 0 Å². The van der Waals surface area contributed by atoms with E-state index in [1.54, 1.807) is 0 Å². The fraction of sp³-hybridized carbons (Fsp3) is 0.909. The van der Waals surface area contributed by atoms with Crippen LogP contribution in [0.4, 0.5) is 0 Å². The first-order valence-corrected chi connectivity index (χ1v) is 6.06. The highest BCUT2D eigenvalue weighted by molar-refractivity contribution is 5.79. The van der Waals surface area contributed by atoms with E-state index in [4.69, 9.17) is 11.5 Å². The van der Waals surface area contributed by atoms with Crippen LogP contribution < -0.4 is 11.5 Å². The first-order valence-electron chi connectivity index (χ1n) is 6.06. The highest BCUT2D eigenvalue weighted by atomic mass is 16.2. The van der Waals surface area contributed by atoms with Gasteiger partial charge in [0, 0.05) is 31.1 Å². The Bertz CT molecular complexity index is 253. The smallest absolute Gasteiger partial charge is 0.225 e. The Kier molecular flexibility index (Phi) is 3.47. The summed E-state index contributed by atoms with van der Waals surface area (Å²) in [6.07, 6.45) is 1.94. The number of hydrogen-bond acceptors (Lipinski definition) is 4. The van der Waals surface area contributed by atoms with Crippen molar-refractivity contribution in [1.82, 2.24) is 9.80 Å². The minimum absolute atomic E-state index is 0.0461. The molecule has 16 heavy (non-hydrogen) atoms. The van der Waals surface area contributed by atoms with Gasteiger partial charge in [0.2, 0.25) is 5.91 Å². The fourth-order valence-corrected chi connectivity index (χ4v) is 2.55. The van der Waals surface area contributed by atoms with Gasteiger partial charge < -0.3 is 21.3 Å². The molecule has 0 aromatic heterocycles. The topological polar surface area (TPSA) is 75.6 Å². The summed E-state index contributed by atoms with van der Waals surface area (Å²) in [5.41, 5.74) is 11.7. The summed E-state index contributed by atoms with van der Waals surface area (Å²) >= 11 is 0.